The first-order chi connectivity index (χ1) is 8.47. The molecule has 0 bridgehead atoms. The molecule has 2 nitrogen and oxygen atoms in total. The van der Waals surface area contributed by atoms with E-state index in [-0.39, 0.29) is 5.78 Å². The summed E-state index contributed by atoms with van der Waals surface area (Å²) in [5.74, 6) is -0.0734. The van der Waals surface area contributed by atoms with E-state index in [0.717, 1.165) is 14.6 Å². The Kier molecular flexibility index (Phi) is 4.75. The van der Waals surface area contributed by atoms with Crippen LogP contribution in [0.25, 0.3) is 0 Å². The molecule has 0 aliphatic heterocycles. The SMILES string of the molecule is O=C1C=C(Br)C(=Nc2ccc(Br)cc2Br)C=C1Br. The molecule has 0 radical (unpaired) electrons. The third-order valence-electron chi connectivity index (χ3n) is 2.15. The van der Waals surface area contributed by atoms with Gasteiger partial charge in [0.1, 0.15) is 0 Å². The van der Waals surface area contributed by atoms with Crippen LogP contribution in [0.5, 0.6) is 0 Å². The summed E-state index contributed by atoms with van der Waals surface area (Å²) in [5.41, 5.74) is 1.49. The van der Waals surface area contributed by atoms with Gasteiger partial charge in [0.25, 0.3) is 0 Å². The number of aliphatic imine (C=N–C) groups is 1. The lowest BCUT2D eigenvalue weighted by atomic mass is 10.1. The monoisotopic (exact) mass is 495 g/mol. The molecule has 0 fully saturated rings. The molecule has 0 unspecified atom stereocenters. The molecular formula is C12H5Br4NO. The number of benzene rings is 1. The third-order valence-corrected chi connectivity index (χ3v) is 4.54. The average Bonchev–Trinajstić information content (AvgIpc) is 2.29. The molecule has 1 aromatic rings. The fourth-order valence-corrected chi connectivity index (χ4v) is 3.18. The van der Waals surface area contributed by atoms with Crippen molar-refractivity contribution in [1.29, 1.82) is 0 Å². The summed E-state index contributed by atoms with van der Waals surface area (Å²) >= 11 is 13.4. The molecular weight excluding hydrogens is 494 g/mol. The van der Waals surface area contributed by atoms with E-state index in [1.54, 1.807) is 6.08 Å². The molecule has 92 valence electrons. The zero-order valence-electron chi connectivity index (χ0n) is 8.75. The maximum Gasteiger partial charge on any atom is 0.194 e. The van der Waals surface area contributed by atoms with Gasteiger partial charge in [-0.25, -0.2) is 4.99 Å². The number of rotatable bonds is 1. The first-order valence-electron chi connectivity index (χ1n) is 4.80. The number of halogens is 4. The van der Waals surface area contributed by atoms with Crippen LogP contribution in [0.3, 0.4) is 0 Å². The standard InChI is InChI=1S/C12H5Br4NO/c13-6-1-2-10(7(14)3-6)17-11-4-9(16)12(18)5-8(11)15/h1-5H. The van der Waals surface area contributed by atoms with Crippen LogP contribution in [0, 0.1) is 0 Å². The van der Waals surface area contributed by atoms with Gasteiger partial charge in [-0.1, -0.05) is 15.9 Å². The minimum atomic E-state index is -0.0734. The van der Waals surface area contributed by atoms with Crippen LogP contribution in [0.15, 0.2) is 53.3 Å². The van der Waals surface area contributed by atoms with Crippen LogP contribution in [-0.4, -0.2) is 11.5 Å². The molecule has 0 saturated carbocycles. The Morgan fingerprint density at radius 3 is 2.33 bits per heavy atom. The van der Waals surface area contributed by atoms with Gasteiger partial charge in [-0.05, 0) is 72.1 Å². The first kappa shape index (κ1) is 14.4. The van der Waals surface area contributed by atoms with Gasteiger partial charge in [0, 0.05) is 19.5 Å². The largest absolute Gasteiger partial charge is 0.289 e. The Balaban J connectivity index is 2.45. The maximum absolute atomic E-state index is 11.4. The number of allylic oxidation sites excluding steroid dienone is 4. The number of carbonyl (C=O) groups excluding carboxylic acids is 1. The summed E-state index contributed by atoms with van der Waals surface area (Å²) in [6, 6.07) is 5.72. The van der Waals surface area contributed by atoms with Crippen LogP contribution in [0.1, 0.15) is 0 Å². The summed E-state index contributed by atoms with van der Waals surface area (Å²) < 4.78 is 3.03. The molecule has 1 aromatic carbocycles. The van der Waals surface area contributed by atoms with Gasteiger partial charge in [0.2, 0.25) is 0 Å². The highest BCUT2D eigenvalue weighted by Gasteiger charge is 2.15. The second-order valence-electron chi connectivity index (χ2n) is 3.44. The van der Waals surface area contributed by atoms with Crippen molar-refractivity contribution in [3.63, 3.8) is 0 Å². The molecule has 18 heavy (non-hydrogen) atoms. The van der Waals surface area contributed by atoms with Crippen LogP contribution in [0.2, 0.25) is 0 Å². The zero-order chi connectivity index (χ0) is 13.3. The van der Waals surface area contributed by atoms with Gasteiger partial charge in [0.15, 0.2) is 5.78 Å². The normalized spacial score (nSPS) is 17.8. The van der Waals surface area contributed by atoms with Gasteiger partial charge in [0.05, 0.1) is 15.9 Å². The molecule has 0 aromatic heterocycles. The van der Waals surface area contributed by atoms with Gasteiger partial charge in [-0.15, -0.1) is 0 Å². The predicted molar refractivity (Wildman–Crippen MR) is 88.0 cm³/mol. The fraction of sp³-hybridized carbons (Fsp3) is 0. The molecule has 1 aliphatic rings. The summed E-state index contributed by atoms with van der Waals surface area (Å²) in [6.07, 6.45) is 3.19. The van der Waals surface area contributed by atoms with E-state index in [0.29, 0.717) is 14.7 Å². The topological polar surface area (TPSA) is 29.4 Å². The van der Waals surface area contributed by atoms with E-state index in [4.69, 9.17) is 0 Å². The van der Waals surface area contributed by atoms with Crippen molar-refractivity contribution in [2.75, 3.05) is 0 Å². The van der Waals surface area contributed by atoms with Crippen LogP contribution in [0.4, 0.5) is 5.69 Å². The summed E-state index contributed by atoms with van der Waals surface area (Å²) in [5, 5.41) is 0. The summed E-state index contributed by atoms with van der Waals surface area (Å²) in [6.45, 7) is 0. The van der Waals surface area contributed by atoms with Gasteiger partial charge in [-0.2, -0.15) is 0 Å². The second kappa shape index (κ2) is 5.94. The van der Waals surface area contributed by atoms with E-state index in [2.05, 4.69) is 68.7 Å². The lowest BCUT2D eigenvalue weighted by Gasteiger charge is -2.08. The highest BCUT2D eigenvalue weighted by molar-refractivity contribution is 9.12. The molecule has 0 heterocycles. The summed E-state index contributed by atoms with van der Waals surface area (Å²) in [4.78, 5) is 15.9. The molecule has 0 saturated heterocycles. The third kappa shape index (κ3) is 3.29. The Morgan fingerprint density at radius 1 is 0.944 bits per heavy atom. The lowest BCUT2D eigenvalue weighted by molar-refractivity contribution is -0.110. The lowest BCUT2D eigenvalue weighted by Crippen LogP contribution is -2.06. The maximum atomic E-state index is 11.4. The zero-order valence-corrected chi connectivity index (χ0v) is 15.1. The quantitative estimate of drug-likeness (QED) is 0.475. The van der Waals surface area contributed by atoms with Crippen LogP contribution < -0.4 is 0 Å². The number of carbonyl (C=O) groups is 1. The Morgan fingerprint density at radius 2 is 1.67 bits per heavy atom. The average molecular weight is 499 g/mol. The highest BCUT2D eigenvalue weighted by atomic mass is 79.9. The van der Waals surface area contributed by atoms with Crippen molar-refractivity contribution in [2.45, 2.75) is 0 Å². The molecule has 0 amide bonds. The van der Waals surface area contributed by atoms with Crippen molar-refractivity contribution in [3.05, 3.63) is 48.3 Å². The van der Waals surface area contributed by atoms with Crippen molar-refractivity contribution in [2.24, 2.45) is 4.99 Å². The molecule has 1 aliphatic carbocycles. The minimum Gasteiger partial charge on any atom is -0.289 e. The number of ketones is 1. The molecule has 0 spiro atoms. The molecule has 0 N–H and O–H groups in total. The van der Waals surface area contributed by atoms with Crippen molar-refractivity contribution in [1.82, 2.24) is 0 Å². The summed E-state index contributed by atoms with van der Waals surface area (Å²) in [7, 11) is 0. The van der Waals surface area contributed by atoms with E-state index < -0.39 is 0 Å². The smallest absolute Gasteiger partial charge is 0.194 e. The fourth-order valence-electron chi connectivity index (χ4n) is 1.31. The van der Waals surface area contributed by atoms with Gasteiger partial charge in [-0.3, -0.25) is 4.79 Å². The molecule has 6 heteroatoms. The Labute approximate surface area is 138 Å². The number of nitrogens with zero attached hydrogens (tertiary/aromatic N) is 1. The van der Waals surface area contributed by atoms with Crippen molar-refractivity contribution >= 4 is 80.9 Å². The van der Waals surface area contributed by atoms with Crippen molar-refractivity contribution < 1.29 is 4.79 Å². The number of hydrogen-bond acceptors (Lipinski definition) is 2. The van der Waals surface area contributed by atoms with Crippen molar-refractivity contribution in [3.8, 4) is 0 Å². The van der Waals surface area contributed by atoms with Gasteiger partial charge >= 0.3 is 0 Å². The van der Waals surface area contributed by atoms with E-state index >= 15 is 0 Å². The molecule has 0 atom stereocenters. The van der Waals surface area contributed by atoms with E-state index in [9.17, 15) is 4.79 Å². The Hall–Kier alpha value is -0.0400. The minimum absolute atomic E-state index is 0.0734. The predicted octanol–water partition coefficient (Wildman–Crippen LogP) is 5.42. The van der Waals surface area contributed by atoms with Crippen LogP contribution >= 0.6 is 63.7 Å². The first-order valence-corrected chi connectivity index (χ1v) is 7.97. The van der Waals surface area contributed by atoms with Gasteiger partial charge < -0.3 is 0 Å². The van der Waals surface area contributed by atoms with Crippen LogP contribution in [-0.2, 0) is 4.79 Å². The highest BCUT2D eigenvalue weighted by Crippen LogP contribution is 2.31. The molecule has 2 rings (SSSR count). The van der Waals surface area contributed by atoms with E-state index in [1.165, 1.54) is 6.08 Å². The second-order valence-corrected chi connectivity index (χ2v) is 6.92. The Bertz CT molecular complexity index is 617. The number of hydrogen-bond donors (Lipinski definition) is 0. The van der Waals surface area contributed by atoms with E-state index in [1.807, 2.05) is 18.2 Å².